The van der Waals surface area contributed by atoms with E-state index in [-0.39, 0.29) is 23.6 Å². The molecule has 3 nitrogen and oxygen atoms in total. The van der Waals surface area contributed by atoms with Crippen LogP contribution in [0.4, 0.5) is 24.5 Å². The summed E-state index contributed by atoms with van der Waals surface area (Å²) in [7, 11) is 0. The summed E-state index contributed by atoms with van der Waals surface area (Å²) >= 11 is 0. The quantitative estimate of drug-likeness (QED) is 0.348. The van der Waals surface area contributed by atoms with E-state index in [2.05, 4.69) is 5.32 Å². The number of hydrogen-bond donors (Lipinski definition) is 2. The number of aliphatic carboxylic acids is 1. The lowest BCUT2D eigenvalue weighted by atomic mass is 9.84. The third kappa shape index (κ3) is 5.99. The van der Waals surface area contributed by atoms with E-state index in [1.807, 2.05) is 32.0 Å². The second-order valence-electron chi connectivity index (χ2n) is 9.27. The van der Waals surface area contributed by atoms with Crippen LogP contribution in [-0.4, -0.2) is 11.1 Å². The fraction of sp³-hybridized carbons (Fsp3) is 0.321. The molecule has 34 heavy (non-hydrogen) atoms. The molecule has 6 heteroatoms. The summed E-state index contributed by atoms with van der Waals surface area (Å²) in [6.07, 6.45) is -4.64. The number of rotatable bonds is 8. The Kier molecular flexibility index (Phi) is 7.70. The van der Waals surface area contributed by atoms with E-state index in [1.54, 1.807) is 50.2 Å². The third-order valence-electron chi connectivity index (χ3n) is 5.80. The van der Waals surface area contributed by atoms with Crippen LogP contribution >= 0.6 is 0 Å². The molecule has 0 aliphatic carbocycles. The highest BCUT2D eigenvalue weighted by Crippen LogP contribution is 2.45. The molecule has 0 aliphatic heterocycles. The van der Waals surface area contributed by atoms with Crippen LogP contribution < -0.4 is 5.32 Å². The molecular weight excluding hydrogens is 439 g/mol. The molecule has 0 saturated carbocycles. The van der Waals surface area contributed by atoms with Crippen molar-refractivity contribution in [3.8, 4) is 11.1 Å². The predicted molar refractivity (Wildman–Crippen MR) is 131 cm³/mol. The highest BCUT2D eigenvalue weighted by atomic mass is 19.4. The molecule has 3 rings (SSSR count). The highest BCUT2D eigenvalue weighted by molar-refractivity contribution is 5.82. The van der Waals surface area contributed by atoms with Crippen molar-refractivity contribution in [2.24, 2.45) is 5.92 Å². The Morgan fingerprint density at radius 2 is 1.53 bits per heavy atom. The topological polar surface area (TPSA) is 49.3 Å². The van der Waals surface area contributed by atoms with Crippen LogP contribution in [0, 0.1) is 5.92 Å². The first-order valence-corrected chi connectivity index (χ1v) is 11.4. The Morgan fingerprint density at radius 3 is 2.03 bits per heavy atom. The van der Waals surface area contributed by atoms with Crippen molar-refractivity contribution in [2.45, 2.75) is 52.1 Å². The van der Waals surface area contributed by atoms with E-state index < -0.39 is 23.6 Å². The Bertz CT molecular complexity index is 1120. The summed E-state index contributed by atoms with van der Waals surface area (Å²) in [4.78, 5) is 12.1. The van der Waals surface area contributed by atoms with Crippen LogP contribution in [-0.2, 0) is 11.0 Å². The van der Waals surface area contributed by atoms with Gasteiger partial charge in [-0.25, -0.2) is 0 Å². The van der Waals surface area contributed by atoms with Gasteiger partial charge >= 0.3 is 12.1 Å². The van der Waals surface area contributed by atoms with Gasteiger partial charge in [0.25, 0.3) is 0 Å². The Balaban J connectivity index is 2.25. The summed E-state index contributed by atoms with van der Waals surface area (Å²) in [6.45, 7) is 7.69. The van der Waals surface area contributed by atoms with Gasteiger partial charge in [-0.15, -0.1) is 0 Å². The molecule has 3 aromatic carbocycles. The maximum atomic E-state index is 14.4. The van der Waals surface area contributed by atoms with Crippen molar-refractivity contribution < 1.29 is 23.1 Å². The normalized spacial score (nSPS) is 12.7. The van der Waals surface area contributed by atoms with Crippen molar-refractivity contribution in [2.75, 3.05) is 5.32 Å². The molecule has 3 aromatic rings. The summed E-state index contributed by atoms with van der Waals surface area (Å²) in [5.74, 6) is -2.36. The minimum absolute atomic E-state index is 0.0949. The number of carbonyl (C=O) groups is 1. The highest BCUT2D eigenvalue weighted by Gasteiger charge is 2.40. The van der Waals surface area contributed by atoms with Crippen molar-refractivity contribution in [1.82, 2.24) is 0 Å². The van der Waals surface area contributed by atoms with Crippen molar-refractivity contribution in [3.63, 3.8) is 0 Å². The molecule has 0 bridgehead atoms. The predicted octanol–water partition coefficient (Wildman–Crippen LogP) is 8.45. The Morgan fingerprint density at radius 1 is 0.912 bits per heavy atom. The van der Waals surface area contributed by atoms with Crippen molar-refractivity contribution in [3.05, 3.63) is 83.4 Å². The van der Waals surface area contributed by atoms with Gasteiger partial charge in [-0.1, -0.05) is 70.2 Å². The average molecular weight is 470 g/mol. The fourth-order valence-electron chi connectivity index (χ4n) is 4.09. The van der Waals surface area contributed by atoms with E-state index in [1.165, 1.54) is 12.1 Å². The second-order valence-corrected chi connectivity index (χ2v) is 9.27. The molecule has 0 aliphatic rings. The number of benzene rings is 3. The number of anilines is 2. The maximum Gasteiger partial charge on any atom is 0.418 e. The number of carboxylic acids is 1. The van der Waals surface area contributed by atoms with Crippen LogP contribution in [0.15, 0.2) is 66.7 Å². The first kappa shape index (κ1) is 25.3. The van der Waals surface area contributed by atoms with Gasteiger partial charge in [-0.05, 0) is 64.8 Å². The molecule has 0 amide bonds. The van der Waals surface area contributed by atoms with Crippen molar-refractivity contribution >= 4 is 17.3 Å². The molecule has 0 saturated heterocycles. The maximum absolute atomic E-state index is 14.4. The largest absolute Gasteiger partial charge is 0.481 e. The van der Waals surface area contributed by atoms with Crippen molar-refractivity contribution in [1.29, 1.82) is 0 Å². The summed E-state index contributed by atoms with van der Waals surface area (Å²) in [5, 5.41) is 12.8. The summed E-state index contributed by atoms with van der Waals surface area (Å²) in [6, 6.07) is 19.1. The van der Waals surface area contributed by atoms with Gasteiger partial charge in [0, 0.05) is 5.69 Å². The van der Waals surface area contributed by atoms with E-state index in [4.69, 9.17) is 0 Å². The van der Waals surface area contributed by atoms with Gasteiger partial charge in [0.2, 0.25) is 0 Å². The molecule has 0 fully saturated rings. The van der Waals surface area contributed by atoms with Gasteiger partial charge in [0.05, 0.1) is 17.2 Å². The lowest BCUT2D eigenvalue weighted by Gasteiger charge is -2.25. The van der Waals surface area contributed by atoms with E-state index in [0.29, 0.717) is 22.7 Å². The molecule has 0 heterocycles. The molecule has 1 unspecified atom stereocenters. The molecule has 180 valence electrons. The minimum Gasteiger partial charge on any atom is -0.481 e. The first-order valence-electron chi connectivity index (χ1n) is 11.4. The van der Waals surface area contributed by atoms with E-state index >= 15 is 0 Å². The molecule has 1 atom stereocenters. The van der Waals surface area contributed by atoms with Gasteiger partial charge in [0.1, 0.15) is 0 Å². The Labute approximate surface area is 198 Å². The molecule has 0 aromatic heterocycles. The third-order valence-corrected chi connectivity index (χ3v) is 5.80. The molecular formula is C28H30F3NO2. The van der Waals surface area contributed by atoms with Crippen LogP contribution in [0.25, 0.3) is 11.1 Å². The number of hydrogen-bond acceptors (Lipinski definition) is 2. The SMILES string of the molecule is CC(C)CC(C(=O)O)c1cc(-c2ccccc2)cc(Nc2ccc(C(C)C)cc2)c1C(F)(F)F. The zero-order valence-electron chi connectivity index (χ0n) is 19.8. The molecule has 2 N–H and O–H groups in total. The number of halogens is 3. The smallest absolute Gasteiger partial charge is 0.418 e. The zero-order chi connectivity index (χ0) is 25.0. The van der Waals surface area contributed by atoms with E-state index in [0.717, 1.165) is 5.56 Å². The van der Waals surface area contributed by atoms with Gasteiger partial charge < -0.3 is 10.4 Å². The first-order chi connectivity index (χ1) is 16.0. The second kappa shape index (κ2) is 10.3. The van der Waals surface area contributed by atoms with Gasteiger partial charge in [-0.3, -0.25) is 4.79 Å². The number of carboxylic acid groups (broad SMARTS) is 1. The van der Waals surface area contributed by atoms with Crippen LogP contribution in [0.5, 0.6) is 0 Å². The van der Waals surface area contributed by atoms with E-state index in [9.17, 15) is 23.1 Å². The summed E-state index contributed by atoms with van der Waals surface area (Å²) < 4.78 is 43.3. The number of alkyl halides is 3. The monoisotopic (exact) mass is 469 g/mol. The molecule has 0 radical (unpaired) electrons. The molecule has 0 spiro atoms. The van der Waals surface area contributed by atoms with Crippen LogP contribution in [0.2, 0.25) is 0 Å². The lowest BCUT2D eigenvalue weighted by molar-refractivity contribution is -0.141. The van der Waals surface area contributed by atoms with Gasteiger partial charge in [0.15, 0.2) is 0 Å². The standard InChI is InChI=1S/C28H30F3NO2/c1-17(2)14-24(27(33)34)23-15-21(20-8-6-5-7-9-20)16-25(26(23)28(29,30)31)32-22-12-10-19(11-13-22)18(3)4/h5-13,15-18,24,32H,14H2,1-4H3,(H,33,34). The zero-order valence-corrected chi connectivity index (χ0v) is 19.8. The summed E-state index contributed by atoms with van der Waals surface area (Å²) in [5.41, 5.74) is 1.50. The minimum atomic E-state index is -4.74. The van der Waals surface area contributed by atoms with Crippen LogP contribution in [0.1, 0.15) is 62.6 Å². The van der Waals surface area contributed by atoms with Gasteiger partial charge in [-0.2, -0.15) is 13.2 Å². The van der Waals surface area contributed by atoms with Crippen LogP contribution in [0.3, 0.4) is 0 Å². The number of nitrogens with one attached hydrogen (secondary N) is 1. The average Bonchev–Trinajstić information content (AvgIpc) is 2.77. The Hall–Kier alpha value is -3.28. The lowest BCUT2D eigenvalue weighted by Crippen LogP contribution is -2.21. The fourth-order valence-corrected chi connectivity index (χ4v) is 4.09.